The fourth-order valence-electron chi connectivity index (χ4n) is 3.24. The predicted molar refractivity (Wildman–Crippen MR) is 104 cm³/mol. The molecule has 1 fully saturated rings. The molecular formula is C19H23N3O4S. The minimum atomic E-state index is -3.87. The van der Waals surface area contributed by atoms with Gasteiger partial charge < -0.3 is 10.0 Å². The topological polar surface area (TPSA) is 99.6 Å². The van der Waals surface area contributed by atoms with Crippen molar-refractivity contribution in [1.29, 1.82) is 0 Å². The van der Waals surface area contributed by atoms with Crippen molar-refractivity contribution in [1.82, 2.24) is 4.98 Å². The molecule has 1 aliphatic heterocycles. The van der Waals surface area contributed by atoms with Gasteiger partial charge in [-0.1, -0.05) is 31.0 Å². The van der Waals surface area contributed by atoms with E-state index in [1.54, 1.807) is 25.1 Å². The molecule has 27 heavy (non-hydrogen) atoms. The number of sulfonamides is 1. The van der Waals surface area contributed by atoms with Gasteiger partial charge in [0.1, 0.15) is 0 Å². The van der Waals surface area contributed by atoms with Crippen LogP contribution < -0.4 is 9.62 Å². The zero-order chi connectivity index (χ0) is 19.4. The third-order valence-electron chi connectivity index (χ3n) is 4.65. The Labute approximate surface area is 159 Å². The second kappa shape index (κ2) is 7.96. The van der Waals surface area contributed by atoms with Crippen molar-refractivity contribution in [2.24, 2.45) is 0 Å². The third-order valence-corrected chi connectivity index (χ3v) is 6.17. The van der Waals surface area contributed by atoms with Gasteiger partial charge in [-0.2, -0.15) is 0 Å². The lowest BCUT2D eigenvalue weighted by atomic mass is 10.2. The number of aryl methyl sites for hydroxylation is 1. The SMILES string of the molecule is Cc1ccccc1S(=O)(=O)Nc1cc(C(=O)O)cnc1N1CCCCCC1. The minimum absolute atomic E-state index is 0.0592. The summed E-state index contributed by atoms with van der Waals surface area (Å²) in [5.41, 5.74) is 0.750. The average molecular weight is 389 g/mol. The summed E-state index contributed by atoms with van der Waals surface area (Å²) in [5, 5.41) is 9.28. The molecule has 0 atom stereocenters. The van der Waals surface area contributed by atoms with E-state index in [0.29, 0.717) is 11.4 Å². The van der Waals surface area contributed by atoms with Crippen molar-refractivity contribution in [3.8, 4) is 0 Å². The fourth-order valence-corrected chi connectivity index (χ4v) is 4.54. The summed E-state index contributed by atoms with van der Waals surface area (Å²) in [6.45, 7) is 3.24. The molecule has 0 amide bonds. The van der Waals surface area contributed by atoms with Crippen LogP contribution in [0.15, 0.2) is 41.4 Å². The summed E-state index contributed by atoms with van der Waals surface area (Å²) in [5.74, 6) is -0.680. The number of hydrogen-bond donors (Lipinski definition) is 2. The maximum atomic E-state index is 12.9. The van der Waals surface area contributed by atoms with Gasteiger partial charge in [-0.15, -0.1) is 0 Å². The predicted octanol–water partition coefficient (Wildman–Crippen LogP) is 3.27. The maximum Gasteiger partial charge on any atom is 0.337 e. The molecule has 1 saturated heterocycles. The Morgan fingerprint density at radius 1 is 1.15 bits per heavy atom. The Hall–Kier alpha value is -2.61. The van der Waals surface area contributed by atoms with Gasteiger partial charge in [0.25, 0.3) is 10.0 Å². The smallest absolute Gasteiger partial charge is 0.337 e. The van der Waals surface area contributed by atoms with Crippen LogP contribution in [0.3, 0.4) is 0 Å². The van der Waals surface area contributed by atoms with Gasteiger partial charge in [-0.3, -0.25) is 4.72 Å². The van der Waals surface area contributed by atoms with E-state index in [0.717, 1.165) is 38.8 Å². The first kappa shape index (κ1) is 19.2. The Morgan fingerprint density at radius 3 is 2.44 bits per heavy atom. The largest absolute Gasteiger partial charge is 0.478 e. The molecule has 2 heterocycles. The number of carboxylic acid groups (broad SMARTS) is 1. The molecule has 3 rings (SSSR count). The number of aromatic carboxylic acids is 1. The molecule has 0 saturated carbocycles. The molecule has 0 bridgehead atoms. The first-order valence-electron chi connectivity index (χ1n) is 8.95. The normalized spacial score (nSPS) is 15.2. The van der Waals surface area contributed by atoms with Gasteiger partial charge in [0.15, 0.2) is 5.82 Å². The van der Waals surface area contributed by atoms with Gasteiger partial charge in [0.05, 0.1) is 16.1 Å². The number of nitrogens with one attached hydrogen (secondary N) is 1. The lowest BCUT2D eigenvalue weighted by Gasteiger charge is -2.24. The number of anilines is 2. The number of carboxylic acids is 1. The highest BCUT2D eigenvalue weighted by molar-refractivity contribution is 7.92. The summed E-state index contributed by atoms with van der Waals surface area (Å²) in [4.78, 5) is 17.8. The maximum absolute atomic E-state index is 12.9. The zero-order valence-electron chi connectivity index (χ0n) is 15.2. The van der Waals surface area contributed by atoms with E-state index in [1.807, 2.05) is 4.90 Å². The van der Waals surface area contributed by atoms with Crippen molar-refractivity contribution in [2.75, 3.05) is 22.7 Å². The van der Waals surface area contributed by atoms with Gasteiger partial charge in [-0.05, 0) is 37.5 Å². The molecule has 8 heteroatoms. The Bertz CT molecular complexity index is 936. The molecule has 2 N–H and O–H groups in total. The van der Waals surface area contributed by atoms with Crippen LogP contribution in [0.1, 0.15) is 41.6 Å². The van der Waals surface area contributed by atoms with Crippen LogP contribution in [0.5, 0.6) is 0 Å². The van der Waals surface area contributed by atoms with Crippen LogP contribution in [-0.2, 0) is 10.0 Å². The van der Waals surface area contributed by atoms with E-state index >= 15 is 0 Å². The summed E-state index contributed by atoms with van der Waals surface area (Å²) >= 11 is 0. The van der Waals surface area contributed by atoms with Crippen LogP contribution in [0.4, 0.5) is 11.5 Å². The van der Waals surface area contributed by atoms with Crippen molar-refractivity contribution in [2.45, 2.75) is 37.5 Å². The van der Waals surface area contributed by atoms with E-state index in [2.05, 4.69) is 9.71 Å². The first-order valence-corrected chi connectivity index (χ1v) is 10.4. The van der Waals surface area contributed by atoms with E-state index in [4.69, 9.17) is 0 Å². The summed E-state index contributed by atoms with van der Waals surface area (Å²) in [7, 11) is -3.87. The van der Waals surface area contributed by atoms with E-state index in [1.165, 1.54) is 18.3 Å². The summed E-state index contributed by atoms with van der Waals surface area (Å²) in [6, 6.07) is 8.01. The lowest BCUT2D eigenvalue weighted by molar-refractivity contribution is 0.0696. The Balaban J connectivity index is 2.02. The van der Waals surface area contributed by atoms with Crippen LogP contribution in [0, 0.1) is 6.92 Å². The molecule has 0 aliphatic carbocycles. The number of pyridine rings is 1. The molecular weight excluding hydrogens is 366 g/mol. The standard InChI is InChI=1S/C19H23N3O4S/c1-14-8-4-5-9-17(14)27(25,26)21-16-12-15(19(23)24)13-20-18(16)22-10-6-2-3-7-11-22/h4-5,8-9,12-13,21H,2-3,6-7,10-11H2,1H3,(H,23,24). The zero-order valence-corrected chi connectivity index (χ0v) is 16.0. The Morgan fingerprint density at radius 2 is 1.81 bits per heavy atom. The van der Waals surface area contributed by atoms with Crippen molar-refractivity contribution in [3.05, 3.63) is 47.7 Å². The average Bonchev–Trinajstić information content (AvgIpc) is 2.90. The second-order valence-corrected chi connectivity index (χ2v) is 8.32. The van der Waals surface area contributed by atoms with Crippen molar-refractivity contribution < 1.29 is 18.3 Å². The van der Waals surface area contributed by atoms with Gasteiger partial charge in [0, 0.05) is 19.3 Å². The highest BCUT2D eigenvalue weighted by Gasteiger charge is 2.23. The minimum Gasteiger partial charge on any atom is -0.478 e. The fraction of sp³-hybridized carbons (Fsp3) is 0.368. The quantitative estimate of drug-likeness (QED) is 0.814. The van der Waals surface area contributed by atoms with E-state index in [-0.39, 0.29) is 16.1 Å². The second-order valence-electron chi connectivity index (χ2n) is 6.67. The van der Waals surface area contributed by atoms with Gasteiger partial charge in [0.2, 0.25) is 0 Å². The molecule has 0 radical (unpaired) electrons. The molecule has 144 valence electrons. The highest BCUT2D eigenvalue weighted by Crippen LogP contribution is 2.29. The van der Waals surface area contributed by atoms with Gasteiger partial charge in [-0.25, -0.2) is 18.2 Å². The molecule has 7 nitrogen and oxygen atoms in total. The summed E-state index contributed by atoms with van der Waals surface area (Å²) in [6.07, 6.45) is 5.49. The summed E-state index contributed by atoms with van der Waals surface area (Å²) < 4.78 is 28.4. The number of hydrogen-bond acceptors (Lipinski definition) is 5. The lowest BCUT2D eigenvalue weighted by Crippen LogP contribution is -2.27. The monoisotopic (exact) mass is 389 g/mol. The molecule has 2 aromatic rings. The van der Waals surface area contributed by atoms with Crippen molar-refractivity contribution in [3.63, 3.8) is 0 Å². The van der Waals surface area contributed by atoms with Crippen LogP contribution in [0.2, 0.25) is 0 Å². The Kier molecular flexibility index (Phi) is 5.65. The van der Waals surface area contributed by atoms with Crippen LogP contribution in [-0.4, -0.2) is 37.6 Å². The van der Waals surface area contributed by atoms with Crippen LogP contribution >= 0.6 is 0 Å². The number of nitrogens with zero attached hydrogens (tertiary/aromatic N) is 2. The number of rotatable bonds is 5. The highest BCUT2D eigenvalue weighted by atomic mass is 32.2. The molecule has 0 unspecified atom stereocenters. The first-order chi connectivity index (χ1) is 12.9. The number of aromatic nitrogens is 1. The molecule has 1 aromatic heterocycles. The van der Waals surface area contributed by atoms with Gasteiger partial charge >= 0.3 is 5.97 Å². The van der Waals surface area contributed by atoms with Crippen molar-refractivity contribution >= 4 is 27.5 Å². The molecule has 0 spiro atoms. The molecule has 1 aromatic carbocycles. The van der Waals surface area contributed by atoms with E-state index in [9.17, 15) is 18.3 Å². The van der Waals surface area contributed by atoms with Crippen LogP contribution in [0.25, 0.3) is 0 Å². The number of carbonyl (C=O) groups is 1. The number of benzene rings is 1. The molecule has 1 aliphatic rings. The van der Waals surface area contributed by atoms with E-state index < -0.39 is 16.0 Å². The third kappa shape index (κ3) is 4.39.